The lowest BCUT2D eigenvalue weighted by Crippen LogP contribution is -2.46. The highest BCUT2D eigenvalue weighted by Gasteiger charge is 2.37. The molecule has 18 heavy (non-hydrogen) atoms. The lowest BCUT2D eigenvalue weighted by atomic mass is 9.93. The van der Waals surface area contributed by atoms with Gasteiger partial charge in [-0.15, -0.1) is 0 Å². The number of rotatable bonds is 10. The second kappa shape index (κ2) is 8.02. The molecule has 0 aromatic heterocycles. The minimum Gasteiger partial charge on any atom is -0.385 e. The van der Waals surface area contributed by atoms with E-state index in [4.69, 9.17) is 9.47 Å². The number of methoxy groups -OCH3 is 1. The van der Waals surface area contributed by atoms with Crippen molar-refractivity contribution in [1.29, 1.82) is 0 Å². The number of nitrogens with one attached hydrogen (secondary N) is 1. The first-order valence-electron chi connectivity index (χ1n) is 6.73. The monoisotopic (exact) mass is 265 g/mol. The zero-order valence-electron chi connectivity index (χ0n) is 11.4. The first kappa shape index (κ1) is 15.8. The number of hydrogen-bond donors (Lipinski definition) is 1. The van der Waals surface area contributed by atoms with Crippen LogP contribution in [0.4, 0.5) is 8.78 Å². The number of ether oxygens (including phenoxy) is 2. The largest absolute Gasteiger partial charge is 0.385 e. The Morgan fingerprint density at radius 1 is 1.22 bits per heavy atom. The van der Waals surface area contributed by atoms with E-state index in [1.807, 2.05) is 0 Å². The Hall–Kier alpha value is -0.260. The SMILES string of the molecule is COCCCCCOC(CC1CNC1)C(C)(F)F. The van der Waals surface area contributed by atoms with Gasteiger partial charge in [0, 0.05) is 27.2 Å². The van der Waals surface area contributed by atoms with Crippen LogP contribution in [0, 0.1) is 5.92 Å². The summed E-state index contributed by atoms with van der Waals surface area (Å²) in [6.07, 6.45) is 2.25. The molecule has 0 spiro atoms. The van der Waals surface area contributed by atoms with Gasteiger partial charge in [-0.05, 0) is 44.7 Å². The third kappa shape index (κ3) is 6.07. The van der Waals surface area contributed by atoms with Gasteiger partial charge in [0.05, 0.1) is 0 Å². The normalized spacial score (nSPS) is 18.7. The maximum atomic E-state index is 13.4. The highest BCUT2D eigenvalue weighted by atomic mass is 19.3. The zero-order valence-corrected chi connectivity index (χ0v) is 11.4. The van der Waals surface area contributed by atoms with Crippen molar-refractivity contribution < 1.29 is 18.3 Å². The molecule has 0 saturated carbocycles. The summed E-state index contributed by atoms with van der Waals surface area (Å²) >= 11 is 0. The summed E-state index contributed by atoms with van der Waals surface area (Å²) in [5.74, 6) is -2.41. The zero-order chi connectivity index (χ0) is 13.4. The molecule has 1 N–H and O–H groups in total. The van der Waals surface area contributed by atoms with Crippen molar-refractivity contribution in [2.24, 2.45) is 5.92 Å². The molecule has 1 rings (SSSR count). The molecule has 0 radical (unpaired) electrons. The molecule has 0 bridgehead atoms. The van der Waals surface area contributed by atoms with Crippen molar-refractivity contribution in [3.05, 3.63) is 0 Å². The third-order valence-corrected chi connectivity index (χ3v) is 3.29. The third-order valence-electron chi connectivity index (χ3n) is 3.29. The first-order valence-corrected chi connectivity index (χ1v) is 6.73. The van der Waals surface area contributed by atoms with Crippen molar-refractivity contribution in [2.45, 2.75) is 44.6 Å². The maximum Gasteiger partial charge on any atom is 0.271 e. The average molecular weight is 265 g/mol. The molecule has 1 fully saturated rings. The molecule has 0 aromatic rings. The molecule has 1 saturated heterocycles. The highest BCUT2D eigenvalue weighted by Crippen LogP contribution is 2.27. The average Bonchev–Trinajstić information content (AvgIpc) is 2.22. The Bertz CT molecular complexity index is 218. The molecule has 1 atom stereocenters. The molecule has 0 amide bonds. The molecule has 5 heteroatoms. The van der Waals surface area contributed by atoms with Crippen molar-refractivity contribution >= 4 is 0 Å². The number of halogens is 2. The summed E-state index contributed by atoms with van der Waals surface area (Å²) in [5, 5.41) is 3.09. The number of unbranched alkanes of at least 4 members (excludes halogenated alkanes) is 2. The van der Waals surface area contributed by atoms with Crippen LogP contribution in [0.2, 0.25) is 0 Å². The van der Waals surface area contributed by atoms with Gasteiger partial charge in [0.15, 0.2) is 0 Å². The summed E-state index contributed by atoms with van der Waals surface area (Å²) in [6.45, 7) is 3.77. The quantitative estimate of drug-likeness (QED) is 0.615. The molecular formula is C13H25F2NO2. The van der Waals surface area contributed by atoms with Crippen molar-refractivity contribution in [2.75, 3.05) is 33.4 Å². The summed E-state index contributed by atoms with van der Waals surface area (Å²) in [4.78, 5) is 0. The molecule has 1 heterocycles. The van der Waals surface area contributed by atoms with Crippen LogP contribution < -0.4 is 5.32 Å². The van der Waals surface area contributed by atoms with Crippen LogP contribution in [-0.4, -0.2) is 45.4 Å². The maximum absolute atomic E-state index is 13.4. The van der Waals surface area contributed by atoms with Gasteiger partial charge in [-0.1, -0.05) is 0 Å². The van der Waals surface area contributed by atoms with E-state index in [1.54, 1.807) is 7.11 Å². The lowest BCUT2D eigenvalue weighted by molar-refractivity contribution is -0.135. The van der Waals surface area contributed by atoms with E-state index >= 15 is 0 Å². The minimum atomic E-state index is -2.75. The van der Waals surface area contributed by atoms with Gasteiger partial charge in [-0.2, -0.15) is 0 Å². The molecular weight excluding hydrogens is 240 g/mol. The smallest absolute Gasteiger partial charge is 0.271 e. The van der Waals surface area contributed by atoms with Crippen LogP contribution in [0.25, 0.3) is 0 Å². The van der Waals surface area contributed by atoms with Crippen molar-refractivity contribution in [1.82, 2.24) is 5.32 Å². The van der Waals surface area contributed by atoms with Gasteiger partial charge in [-0.3, -0.25) is 0 Å². The van der Waals surface area contributed by atoms with Crippen molar-refractivity contribution in [3.8, 4) is 0 Å². The Kier molecular flexibility index (Phi) is 7.04. The Balaban J connectivity index is 2.15. The second-order valence-electron chi connectivity index (χ2n) is 5.13. The molecule has 1 aliphatic heterocycles. The standard InChI is InChI=1S/C13H25F2NO2/c1-13(14,15)12(8-11-9-16-10-11)18-7-5-3-4-6-17-2/h11-12,16H,3-10H2,1-2H3. The van der Waals surface area contributed by atoms with Crippen LogP contribution in [-0.2, 0) is 9.47 Å². The number of hydrogen-bond acceptors (Lipinski definition) is 3. The first-order chi connectivity index (χ1) is 8.54. The fourth-order valence-electron chi connectivity index (χ4n) is 1.99. The molecule has 1 unspecified atom stereocenters. The second-order valence-corrected chi connectivity index (χ2v) is 5.13. The predicted octanol–water partition coefficient (Wildman–Crippen LogP) is 2.45. The topological polar surface area (TPSA) is 30.5 Å². The Morgan fingerprint density at radius 3 is 2.39 bits per heavy atom. The van der Waals surface area contributed by atoms with Gasteiger partial charge < -0.3 is 14.8 Å². The van der Waals surface area contributed by atoms with Gasteiger partial charge in [0.25, 0.3) is 5.92 Å². The highest BCUT2D eigenvalue weighted by molar-refractivity contribution is 4.83. The summed E-state index contributed by atoms with van der Waals surface area (Å²) in [5.41, 5.74) is 0. The fraction of sp³-hybridized carbons (Fsp3) is 1.00. The van der Waals surface area contributed by atoms with Gasteiger partial charge in [0.2, 0.25) is 0 Å². The van der Waals surface area contributed by atoms with E-state index in [9.17, 15) is 8.78 Å². The van der Waals surface area contributed by atoms with Crippen molar-refractivity contribution in [3.63, 3.8) is 0 Å². The van der Waals surface area contributed by atoms with E-state index in [2.05, 4.69) is 5.32 Å². The Morgan fingerprint density at radius 2 is 1.89 bits per heavy atom. The van der Waals surface area contributed by atoms with Gasteiger partial charge in [-0.25, -0.2) is 8.78 Å². The summed E-state index contributed by atoms with van der Waals surface area (Å²) in [7, 11) is 1.66. The van der Waals surface area contributed by atoms with E-state index in [-0.39, 0.29) is 0 Å². The summed E-state index contributed by atoms with van der Waals surface area (Å²) in [6, 6.07) is 0. The van der Waals surface area contributed by atoms with Crippen LogP contribution >= 0.6 is 0 Å². The molecule has 3 nitrogen and oxygen atoms in total. The van der Waals surface area contributed by atoms with E-state index < -0.39 is 12.0 Å². The van der Waals surface area contributed by atoms with Crippen LogP contribution in [0.3, 0.4) is 0 Å². The predicted molar refractivity (Wildman–Crippen MR) is 67.1 cm³/mol. The molecule has 0 aliphatic carbocycles. The Labute approximate surface area is 108 Å². The molecule has 0 aromatic carbocycles. The molecule has 108 valence electrons. The van der Waals surface area contributed by atoms with Gasteiger partial charge >= 0.3 is 0 Å². The van der Waals surface area contributed by atoms with E-state index in [0.29, 0.717) is 18.9 Å². The van der Waals surface area contributed by atoms with Crippen LogP contribution in [0.5, 0.6) is 0 Å². The van der Waals surface area contributed by atoms with E-state index in [1.165, 1.54) is 0 Å². The summed E-state index contributed by atoms with van der Waals surface area (Å²) < 4.78 is 37.0. The van der Waals surface area contributed by atoms with Crippen LogP contribution in [0.1, 0.15) is 32.6 Å². The van der Waals surface area contributed by atoms with Gasteiger partial charge in [0.1, 0.15) is 6.10 Å². The van der Waals surface area contributed by atoms with E-state index in [0.717, 1.165) is 45.9 Å². The lowest BCUT2D eigenvalue weighted by Gasteiger charge is -2.33. The van der Waals surface area contributed by atoms with Crippen LogP contribution in [0.15, 0.2) is 0 Å². The fourth-order valence-corrected chi connectivity index (χ4v) is 1.99. The number of alkyl halides is 2. The molecule has 1 aliphatic rings. The minimum absolute atomic E-state index is 0.342.